The van der Waals surface area contributed by atoms with Crippen LogP contribution in [0.5, 0.6) is 17.2 Å². The molecule has 0 heterocycles. The van der Waals surface area contributed by atoms with Gasteiger partial charge in [-0.05, 0) is 54.6 Å². The number of nitrogens with zero attached hydrogens (tertiary/aromatic N) is 3. The van der Waals surface area contributed by atoms with Crippen LogP contribution in [-0.2, 0) is 70.8 Å². The molecule has 0 aliphatic carbocycles. The predicted molar refractivity (Wildman–Crippen MR) is 265 cm³/mol. The van der Waals surface area contributed by atoms with Crippen molar-refractivity contribution in [2.45, 2.75) is 34.3 Å². The molecule has 41 heteroatoms. The summed E-state index contributed by atoms with van der Waals surface area (Å²) in [6.45, 7) is 0. The monoisotopic (exact) mass is 1220 g/mol. The molecule has 0 radical (unpaired) electrons. The Morgan fingerprint density at radius 2 is 0.883 bits per heavy atom. The van der Waals surface area contributed by atoms with Crippen LogP contribution in [0.15, 0.2) is 117 Å². The summed E-state index contributed by atoms with van der Waals surface area (Å²) in [5, 5.41) is 45.8. The number of rotatable bonds is 10. The Bertz CT molecular complexity index is 4600. The Morgan fingerprint density at radius 3 is 1.34 bits per heavy atom. The molecule has 414 valence electrons. The van der Waals surface area contributed by atoms with Crippen molar-refractivity contribution in [1.29, 1.82) is 0 Å². The van der Waals surface area contributed by atoms with Crippen molar-refractivity contribution in [3.63, 3.8) is 0 Å². The maximum absolute atomic E-state index is 12.0. The Labute approximate surface area is 430 Å². The first-order valence-corrected chi connectivity index (χ1v) is 29.2. The molecule has 0 aromatic heterocycles. The fraction of sp³-hybridized carbons (Fsp3) is 0. The molecule has 34 nitrogen and oxygen atoms in total. The number of phenols is 3. The molecule has 0 spiro atoms. The number of nitro groups is 1. The van der Waals surface area contributed by atoms with Gasteiger partial charge in [-0.25, -0.2) is 0 Å². The third-order valence-electron chi connectivity index (χ3n) is 10.1. The van der Waals surface area contributed by atoms with E-state index in [0.29, 0.717) is 24.3 Å². The third-order valence-corrected chi connectivity index (χ3v) is 16.4. The first-order chi connectivity index (χ1) is 34.8. The normalized spacial score (nSPS) is 12.8. The molecule has 0 amide bonds. The van der Waals surface area contributed by atoms with E-state index < -0.39 is 178 Å². The van der Waals surface area contributed by atoms with E-state index in [1.807, 2.05) is 0 Å². The summed E-state index contributed by atoms with van der Waals surface area (Å²) in [7, 11) is -34.6. The first-order valence-electron chi connectivity index (χ1n) is 19.1. The molecule has 0 bridgehead atoms. The summed E-state index contributed by atoms with van der Waals surface area (Å²) in [5.74, 6) is -2.56. The molecular formula is C36H32N8O26S7. The Balaban J connectivity index is 0.000000228. The third kappa shape index (κ3) is 12.5. The van der Waals surface area contributed by atoms with Gasteiger partial charge in [-0.15, -0.1) is 10.2 Å². The zero-order valence-corrected chi connectivity index (χ0v) is 42.7. The number of fused-ring (bicyclic) bond motifs is 3. The van der Waals surface area contributed by atoms with Gasteiger partial charge in [0, 0.05) is 45.1 Å². The van der Waals surface area contributed by atoms with Crippen molar-refractivity contribution >= 4 is 149 Å². The lowest BCUT2D eigenvalue weighted by atomic mass is 10.1. The molecule has 0 saturated heterocycles. The molecule has 0 saturated carbocycles. The number of non-ortho nitro benzene ring substituents is 1. The van der Waals surface area contributed by atoms with Crippen molar-refractivity contribution in [1.82, 2.24) is 0 Å². The predicted octanol–water partition coefficient (Wildman–Crippen LogP) is 2.60. The van der Waals surface area contributed by atoms with E-state index in [4.69, 9.17) is 42.3 Å². The summed E-state index contributed by atoms with van der Waals surface area (Å²) < 4.78 is 226. The summed E-state index contributed by atoms with van der Waals surface area (Å²) >= 11 is 0. The van der Waals surface area contributed by atoms with Gasteiger partial charge in [0.2, 0.25) is 0 Å². The molecule has 0 atom stereocenters. The Kier molecular flexibility index (Phi) is 15.8. The van der Waals surface area contributed by atoms with Crippen LogP contribution in [0.1, 0.15) is 0 Å². The van der Waals surface area contributed by atoms with Crippen LogP contribution in [0.4, 0.5) is 45.5 Å². The Hall–Kier alpha value is -7.91. The topological polar surface area (TPSA) is 639 Å². The molecular weight excluding hydrogens is 1180 g/mol. The lowest BCUT2D eigenvalue weighted by Crippen LogP contribution is -2.07. The van der Waals surface area contributed by atoms with Gasteiger partial charge in [0.25, 0.3) is 76.5 Å². The summed E-state index contributed by atoms with van der Waals surface area (Å²) in [4.78, 5) is 3.41. The minimum atomic E-state index is -5.31. The van der Waals surface area contributed by atoms with Crippen molar-refractivity contribution in [3.8, 4) is 17.2 Å². The molecule has 0 fully saturated rings. The second kappa shape index (κ2) is 20.2. The van der Waals surface area contributed by atoms with Crippen molar-refractivity contribution in [3.05, 3.63) is 82.9 Å². The van der Waals surface area contributed by atoms with E-state index in [1.54, 1.807) is 0 Å². The van der Waals surface area contributed by atoms with Gasteiger partial charge in [0.15, 0.2) is 5.75 Å². The van der Waals surface area contributed by atoms with Crippen LogP contribution >= 0.6 is 0 Å². The van der Waals surface area contributed by atoms with Gasteiger partial charge >= 0.3 is 0 Å². The van der Waals surface area contributed by atoms with Crippen LogP contribution in [0.3, 0.4) is 0 Å². The highest BCUT2D eigenvalue weighted by Crippen LogP contribution is 2.48. The average molecular weight is 1220 g/mol. The quantitative estimate of drug-likeness (QED) is 0.0234. The zero-order chi connectivity index (χ0) is 58.8. The molecule has 7 aromatic carbocycles. The highest BCUT2D eigenvalue weighted by atomic mass is 32.2. The molecule has 77 heavy (non-hydrogen) atoms. The number of aromatic hydroxyl groups is 3. The lowest BCUT2D eigenvalue weighted by Gasteiger charge is -2.14. The number of phenolic OH excluding ortho intramolecular Hbond substituents is 3. The lowest BCUT2D eigenvalue weighted by molar-refractivity contribution is -0.385. The molecule has 0 unspecified atom stereocenters. The number of benzene rings is 7. The zero-order valence-electron chi connectivity index (χ0n) is 37.0. The van der Waals surface area contributed by atoms with Crippen molar-refractivity contribution in [2.75, 3.05) is 28.7 Å². The second-order valence-corrected chi connectivity index (χ2v) is 24.7. The fourth-order valence-electron chi connectivity index (χ4n) is 6.81. The van der Waals surface area contributed by atoms with Gasteiger partial charge in [-0.2, -0.15) is 58.9 Å². The van der Waals surface area contributed by atoms with Crippen molar-refractivity contribution < 1.29 is 111 Å². The minimum Gasteiger partial charge on any atom is -0.507 e. The van der Waals surface area contributed by atoms with E-state index in [-0.39, 0.29) is 27.5 Å². The van der Waals surface area contributed by atoms with Gasteiger partial charge in [0.05, 0.1) is 43.6 Å². The number of hydrogen-bond acceptors (Lipinski definition) is 26. The highest BCUT2D eigenvalue weighted by Gasteiger charge is 2.30. The number of nitro benzene ring substituents is 1. The number of hydrogen-bond donors (Lipinski definition) is 15. The van der Waals surface area contributed by atoms with E-state index in [9.17, 15) is 103 Å². The molecule has 7 rings (SSSR count). The van der Waals surface area contributed by atoms with Gasteiger partial charge in [-0.3, -0.25) is 42.0 Å². The minimum absolute atomic E-state index is 0.0424. The first kappa shape index (κ1) is 60.0. The van der Waals surface area contributed by atoms with Crippen LogP contribution in [-0.4, -0.2) is 111 Å². The van der Waals surface area contributed by atoms with E-state index in [0.717, 1.165) is 36.4 Å². The van der Waals surface area contributed by atoms with Gasteiger partial charge in [0.1, 0.15) is 52.2 Å². The van der Waals surface area contributed by atoms with Crippen LogP contribution in [0, 0.1) is 10.1 Å². The molecule has 0 aliphatic rings. The maximum atomic E-state index is 12.0. The molecule has 20 N–H and O–H groups in total. The van der Waals surface area contributed by atoms with E-state index in [2.05, 4.69) is 10.2 Å². The second-order valence-electron chi connectivity index (χ2n) is 15.0. The number of anilines is 5. The largest absolute Gasteiger partial charge is 0.507 e. The van der Waals surface area contributed by atoms with Crippen LogP contribution < -0.4 is 28.7 Å². The average Bonchev–Trinajstić information content (AvgIpc) is 3.25. The maximum Gasteiger partial charge on any atom is 0.297 e. The van der Waals surface area contributed by atoms with E-state index in [1.165, 1.54) is 12.1 Å². The summed E-state index contributed by atoms with van der Waals surface area (Å²) in [5.41, 5.74) is 22.7. The van der Waals surface area contributed by atoms with Crippen LogP contribution in [0.2, 0.25) is 0 Å². The van der Waals surface area contributed by atoms with E-state index >= 15 is 0 Å². The summed E-state index contributed by atoms with van der Waals surface area (Å²) in [6, 6.07) is 9.98. The van der Waals surface area contributed by atoms with Gasteiger partial charge < -0.3 is 44.0 Å². The molecule has 7 aromatic rings. The Morgan fingerprint density at radius 1 is 0.416 bits per heavy atom. The smallest absolute Gasteiger partial charge is 0.297 e. The number of azo groups is 1. The summed E-state index contributed by atoms with van der Waals surface area (Å²) in [6.07, 6.45) is 0. The standard InChI is InChI=1S/C16H13N5O12S3.C10H10N2O7S2.C10H9NO7S2/c17-8-5-10(34(25,26)27)7-4-12(36(31,32)33)15(16(22)13(7)14(8)18)20-19-9-2-1-6(21(23)24)3-11(9)35(28,29)30;11-6-2-1-4-5(10(6)21(17,18)19)3-7(20(14,15)16)8(12)9(4)13;11-8-2-1-6-7(10(8)20(16,17)18)3-5(4-9(6)12)19(13,14)15/h1-5,22H,17-18H2,(H,25,26,27)(H,28,29,30)(H,31,32,33);1-3,13H,11-12H2,(H,14,15,16)(H,17,18,19);1-4,12H,11H2,(H,13,14,15)(H,16,17,18). The van der Waals surface area contributed by atoms with Crippen LogP contribution in [0.25, 0.3) is 32.3 Å². The molecule has 0 aliphatic heterocycles. The fourth-order valence-corrected chi connectivity index (χ4v) is 11.6. The van der Waals surface area contributed by atoms with Crippen molar-refractivity contribution in [2.24, 2.45) is 10.2 Å². The number of nitrogens with two attached hydrogens (primary N) is 5. The van der Waals surface area contributed by atoms with Gasteiger partial charge in [-0.1, -0.05) is 0 Å². The SMILES string of the molecule is Nc1cc(S(=O)(=O)O)c2cc(S(=O)(=O)O)c(N=Nc3ccc([N+](=O)[O-])cc3S(=O)(=O)O)c(O)c2c1N.Nc1ccc2c(O)c(N)c(S(=O)(=O)O)cc2c1S(=O)(=O)O.Nc1ccc2c(O)cc(S(=O)(=O)O)cc2c1S(=O)(=O)O. The highest BCUT2D eigenvalue weighted by molar-refractivity contribution is 7.87. The number of nitrogen functional groups attached to an aromatic ring is 5.